The van der Waals surface area contributed by atoms with Crippen molar-refractivity contribution in [2.24, 2.45) is 0 Å². The van der Waals surface area contributed by atoms with Crippen LogP contribution in [0.5, 0.6) is 0 Å². The van der Waals surface area contributed by atoms with Crippen molar-refractivity contribution in [3.8, 4) is 0 Å². The molecule has 1 aliphatic rings. The molecule has 1 aromatic heterocycles. The summed E-state index contributed by atoms with van der Waals surface area (Å²) in [6.07, 6.45) is 4.00. The quantitative estimate of drug-likeness (QED) is 0.810. The third kappa shape index (κ3) is 5.11. The van der Waals surface area contributed by atoms with Gasteiger partial charge in [-0.2, -0.15) is 5.10 Å². The normalized spacial score (nSPS) is 16.8. The Hall–Kier alpha value is -2.25. The first-order chi connectivity index (χ1) is 12.2. The maximum atomic E-state index is 12.3. The molecule has 0 saturated carbocycles. The zero-order valence-electron chi connectivity index (χ0n) is 14.4. The highest BCUT2D eigenvalue weighted by Crippen LogP contribution is 2.15. The van der Waals surface area contributed by atoms with E-state index < -0.39 is 6.10 Å². The molecular formula is C18H25N5O2. The summed E-state index contributed by atoms with van der Waals surface area (Å²) >= 11 is 0. The zero-order valence-corrected chi connectivity index (χ0v) is 14.4. The molecule has 1 aliphatic heterocycles. The fourth-order valence-corrected chi connectivity index (χ4v) is 3.10. The van der Waals surface area contributed by atoms with Crippen molar-refractivity contribution in [2.45, 2.75) is 25.5 Å². The molecule has 0 bridgehead atoms. The smallest absolute Gasteiger partial charge is 0.222 e. The second-order valence-electron chi connectivity index (χ2n) is 6.37. The number of hydrogen-bond donors (Lipinski definition) is 1. The summed E-state index contributed by atoms with van der Waals surface area (Å²) in [6.45, 7) is 4.39. The molecule has 7 heteroatoms. The SMILES string of the molecule is O=C(CCCn1cncn1)N1CCN(CC(O)c2ccccc2)CC1. The maximum absolute atomic E-state index is 12.3. The highest BCUT2D eigenvalue weighted by atomic mass is 16.3. The van der Waals surface area contributed by atoms with Crippen molar-refractivity contribution in [1.29, 1.82) is 0 Å². The van der Waals surface area contributed by atoms with Gasteiger partial charge in [0.2, 0.25) is 5.91 Å². The summed E-state index contributed by atoms with van der Waals surface area (Å²) in [5.74, 6) is 0.198. The summed E-state index contributed by atoms with van der Waals surface area (Å²) in [5.41, 5.74) is 0.939. The first kappa shape index (κ1) is 17.6. The van der Waals surface area contributed by atoms with Crippen molar-refractivity contribution in [3.63, 3.8) is 0 Å². The van der Waals surface area contributed by atoms with E-state index in [4.69, 9.17) is 0 Å². The summed E-state index contributed by atoms with van der Waals surface area (Å²) in [6, 6.07) is 9.71. The van der Waals surface area contributed by atoms with E-state index in [1.165, 1.54) is 6.33 Å². The van der Waals surface area contributed by atoms with Gasteiger partial charge < -0.3 is 10.0 Å². The Morgan fingerprint density at radius 3 is 2.60 bits per heavy atom. The topological polar surface area (TPSA) is 74.5 Å². The van der Waals surface area contributed by atoms with E-state index in [-0.39, 0.29) is 5.91 Å². The highest BCUT2D eigenvalue weighted by Gasteiger charge is 2.22. The van der Waals surface area contributed by atoms with Crippen LogP contribution >= 0.6 is 0 Å². The summed E-state index contributed by atoms with van der Waals surface area (Å²) in [4.78, 5) is 20.3. The standard InChI is InChI=1S/C18H25N5O2/c24-17(16-5-2-1-3-6-16)13-21-9-11-22(12-10-21)18(25)7-4-8-23-15-19-14-20-23/h1-3,5-6,14-15,17,24H,4,7-13H2. The van der Waals surface area contributed by atoms with Crippen LogP contribution in [0.25, 0.3) is 0 Å². The molecule has 0 radical (unpaired) electrons. The van der Waals surface area contributed by atoms with Crippen molar-refractivity contribution >= 4 is 5.91 Å². The number of nitrogens with zero attached hydrogens (tertiary/aromatic N) is 5. The van der Waals surface area contributed by atoms with E-state index in [1.54, 1.807) is 11.0 Å². The molecule has 3 rings (SSSR count). The minimum Gasteiger partial charge on any atom is -0.387 e. The van der Waals surface area contributed by atoms with Gasteiger partial charge in [-0.05, 0) is 12.0 Å². The molecule has 0 spiro atoms. The second-order valence-corrected chi connectivity index (χ2v) is 6.37. The van der Waals surface area contributed by atoms with Crippen LogP contribution < -0.4 is 0 Å². The Kier molecular flexibility index (Phi) is 6.14. The molecule has 2 aromatic rings. The van der Waals surface area contributed by atoms with Gasteiger partial charge in [-0.25, -0.2) is 4.98 Å². The Morgan fingerprint density at radius 2 is 1.92 bits per heavy atom. The number of carbonyl (C=O) groups is 1. The minimum absolute atomic E-state index is 0.198. The van der Waals surface area contributed by atoms with Crippen LogP contribution in [0, 0.1) is 0 Å². The number of benzene rings is 1. The molecule has 1 N–H and O–H groups in total. The molecule has 1 atom stereocenters. The second kappa shape index (κ2) is 8.73. The monoisotopic (exact) mass is 343 g/mol. The molecular weight excluding hydrogens is 318 g/mol. The van der Waals surface area contributed by atoms with Crippen molar-refractivity contribution in [1.82, 2.24) is 24.6 Å². The molecule has 0 aliphatic carbocycles. The number of hydrogen-bond acceptors (Lipinski definition) is 5. The molecule has 134 valence electrons. The van der Waals surface area contributed by atoms with Gasteiger partial charge >= 0.3 is 0 Å². The van der Waals surface area contributed by atoms with Gasteiger partial charge in [-0.3, -0.25) is 14.4 Å². The lowest BCUT2D eigenvalue weighted by Gasteiger charge is -2.35. The molecule has 7 nitrogen and oxygen atoms in total. The van der Waals surface area contributed by atoms with Crippen LogP contribution in [0.3, 0.4) is 0 Å². The van der Waals surface area contributed by atoms with Gasteiger partial charge in [-0.15, -0.1) is 0 Å². The van der Waals surface area contributed by atoms with E-state index in [1.807, 2.05) is 35.2 Å². The van der Waals surface area contributed by atoms with E-state index >= 15 is 0 Å². The average molecular weight is 343 g/mol. The summed E-state index contributed by atoms with van der Waals surface area (Å²) in [7, 11) is 0. The van der Waals surface area contributed by atoms with Crippen LogP contribution in [0.2, 0.25) is 0 Å². The summed E-state index contributed by atoms with van der Waals surface area (Å²) < 4.78 is 1.75. The Labute approximate surface area is 147 Å². The predicted octanol–water partition coefficient (Wildman–Crippen LogP) is 0.936. The van der Waals surface area contributed by atoms with Gasteiger partial charge in [-0.1, -0.05) is 30.3 Å². The number of piperazine rings is 1. The lowest BCUT2D eigenvalue weighted by atomic mass is 10.1. The molecule has 1 aromatic carbocycles. The zero-order chi connectivity index (χ0) is 17.5. The highest BCUT2D eigenvalue weighted by molar-refractivity contribution is 5.76. The number of carbonyl (C=O) groups excluding carboxylic acids is 1. The van der Waals surface area contributed by atoms with E-state index in [2.05, 4.69) is 15.0 Å². The average Bonchev–Trinajstić information content (AvgIpc) is 3.16. The third-order valence-corrected chi connectivity index (χ3v) is 4.58. The third-order valence-electron chi connectivity index (χ3n) is 4.58. The van der Waals surface area contributed by atoms with Crippen LogP contribution in [-0.4, -0.2) is 68.3 Å². The molecule has 1 fully saturated rings. The van der Waals surface area contributed by atoms with Crippen LogP contribution in [-0.2, 0) is 11.3 Å². The van der Waals surface area contributed by atoms with E-state index in [0.29, 0.717) is 13.0 Å². The maximum Gasteiger partial charge on any atom is 0.222 e. The van der Waals surface area contributed by atoms with Crippen LogP contribution in [0.15, 0.2) is 43.0 Å². The lowest BCUT2D eigenvalue weighted by Crippen LogP contribution is -2.49. The number of aliphatic hydroxyl groups excluding tert-OH is 1. The number of amides is 1. The summed E-state index contributed by atoms with van der Waals surface area (Å²) in [5, 5.41) is 14.4. The van der Waals surface area contributed by atoms with Crippen molar-refractivity contribution < 1.29 is 9.90 Å². The Morgan fingerprint density at radius 1 is 1.16 bits per heavy atom. The minimum atomic E-state index is -0.480. The first-order valence-corrected chi connectivity index (χ1v) is 8.78. The van der Waals surface area contributed by atoms with Gasteiger partial charge in [0.1, 0.15) is 12.7 Å². The number of aromatic nitrogens is 3. The fourth-order valence-electron chi connectivity index (χ4n) is 3.10. The number of aliphatic hydroxyl groups is 1. The number of rotatable bonds is 7. The Balaban J connectivity index is 1.37. The lowest BCUT2D eigenvalue weighted by molar-refractivity contribution is -0.133. The van der Waals surface area contributed by atoms with Crippen molar-refractivity contribution in [3.05, 3.63) is 48.5 Å². The predicted molar refractivity (Wildman–Crippen MR) is 93.7 cm³/mol. The van der Waals surface area contributed by atoms with Gasteiger partial charge in [0.15, 0.2) is 0 Å². The molecule has 2 heterocycles. The van der Waals surface area contributed by atoms with E-state index in [9.17, 15) is 9.90 Å². The molecule has 1 unspecified atom stereocenters. The Bertz CT molecular complexity index is 639. The fraction of sp³-hybridized carbons (Fsp3) is 0.500. The number of aryl methyl sites for hydroxylation is 1. The van der Waals surface area contributed by atoms with Gasteiger partial charge in [0.25, 0.3) is 0 Å². The largest absolute Gasteiger partial charge is 0.387 e. The van der Waals surface area contributed by atoms with Gasteiger partial charge in [0.05, 0.1) is 6.10 Å². The van der Waals surface area contributed by atoms with Gasteiger partial charge in [0, 0.05) is 45.7 Å². The number of β-amino-alcohol motifs (C(OH)–C–C–N with tert-alkyl or cyclic N) is 1. The van der Waals surface area contributed by atoms with E-state index in [0.717, 1.165) is 44.7 Å². The molecule has 1 saturated heterocycles. The molecule has 1 amide bonds. The van der Waals surface area contributed by atoms with Crippen LogP contribution in [0.4, 0.5) is 0 Å². The van der Waals surface area contributed by atoms with Crippen molar-refractivity contribution in [2.75, 3.05) is 32.7 Å². The first-order valence-electron chi connectivity index (χ1n) is 8.78. The van der Waals surface area contributed by atoms with Crippen LogP contribution in [0.1, 0.15) is 24.5 Å². The molecule has 25 heavy (non-hydrogen) atoms.